The summed E-state index contributed by atoms with van der Waals surface area (Å²) in [4.78, 5) is 12.3. The summed E-state index contributed by atoms with van der Waals surface area (Å²) >= 11 is 1.65. The van der Waals surface area contributed by atoms with Crippen LogP contribution in [0.1, 0.15) is 21.9 Å². The maximum atomic E-state index is 11.1. The van der Waals surface area contributed by atoms with Crippen LogP contribution in [0.5, 0.6) is 0 Å². The summed E-state index contributed by atoms with van der Waals surface area (Å²) in [6, 6.07) is 12.3. The van der Waals surface area contributed by atoms with E-state index < -0.39 is 0 Å². The lowest BCUT2D eigenvalue weighted by Gasteiger charge is -2.10. The molecule has 0 spiro atoms. The minimum atomic E-state index is 0.00102. The lowest BCUT2D eigenvalue weighted by Crippen LogP contribution is -2.03. The maximum absolute atomic E-state index is 11.1. The van der Waals surface area contributed by atoms with E-state index in [4.69, 9.17) is 0 Å². The predicted octanol–water partition coefficient (Wildman–Crippen LogP) is 3.58. The Balaban J connectivity index is 2.20. The van der Waals surface area contributed by atoms with Gasteiger partial charge in [0.15, 0.2) is 0 Å². The Bertz CT molecular complexity index is 459. The van der Waals surface area contributed by atoms with Crippen LogP contribution in [0, 0.1) is 6.92 Å². The van der Waals surface area contributed by atoms with E-state index in [9.17, 15) is 4.79 Å². The molecule has 1 aromatic carbocycles. The predicted molar refractivity (Wildman–Crippen MR) is 68.0 cm³/mol. The molecule has 1 heterocycles. The van der Waals surface area contributed by atoms with Gasteiger partial charge in [-0.05, 0) is 35.9 Å². The molecule has 0 radical (unpaired) electrons. The van der Waals surface area contributed by atoms with Crippen molar-refractivity contribution >= 4 is 17.6 Å². The number of benzene rings is 1. The molecule has 2 rings (SSSR count). The molecule has 1 nitrogen and oxygen atoms in total. The van der Waals surface area contributed by atoms with Gasteiger partial charge in [-0.15, -0.1) is 11.3 Å². The minimum Gasteiger partial charge on any atom is -0.303 e. The Morgan fingerprint density at radius 3 is 2.69 bits per heavy atom. The van der Waals surface area contributed by atoms with Crippen LogP contribution in [-0.2, 0) is 11.2 Å². The Hall–Kier alpha value is -1.41. The molecular formula is C14H14OS. The van der Waals surface area contributed by atoms with E-state index in [1.54, 1.807) is 11.3 Å². The first-order valence-corrected chi connectivity index (χ1v) is 6.22. The monoisotopic (exact) mass is 230 g/mol. The standard InChI is InChI=1S/C14H14OS/c1-11-5-2-3-6-12(11)9-13(10-15)14-7-4-8-16-14/h2-8,10,13H,9H2,1H3. The summed E-state index contributed by atoms with van der Waals surface area (Å²) in [7, 11) is 0. The Labute approximate surface area is 99.8 Å². The number of aryl methyl sites for hydroxylation is 1. The van der Waals surface area contributed by atoms with Crippen LogP contribution in [-0.4, -0.2) is 6.29 Å². The van der Waals surface area contributed by atoms with Gasteiger partial charge in [-0.25, -0.2) is 0 Å². The molecule has 82 valence electrons. The normalized spacial score (nSPS) is 12.3. The van der Waals surface area contributed by atoms with Crippen molar-refractivity contribution in [3.63, 3.8) is 0 Å². The van der Waals surface area contributed by atoms with E-state index in [2.05, 4.69) is 19.1 Å². The largest absolute Gasteiger partial charge is 0.303 e. The fourth-order valence-corrected chi connectivity index (χ4v) is 2.58. The van der Waals surface area contributed by atoms with E-state index in [0.717, 1.165) is 17.6 Å². The molecule has 2 heteroatoms. The molecule has 0 aliphatic heterocycles. The second-order valence-electron chi connectivity index (χ2n) is 3.89. The number of carbonyl (C=O) groups is 1. The molecule has 1 atom stereocenters. The summed E-state index contributed by atoms with van der Waals surface area (Å²) in [6.07, 6.45) is 1.86. The summed E-state index contributed by atoms with van der Waals surface area (Å²) in [6.45, 7) is 2.09. The first kappa shape index (κ1) is 11.1. The third-order valence-electron chi connectivity index (χ3n) is 2.77. The third-order valence-corrected chi connectivity index (χ3v) is 3.78. The molecule has 0 aliphatic rings. The quantitative estimate of drug-likeness (QED) is 0.734. The zero-order valence-electron chi connectivity index (χ0n) is 9.22. The zero-order chi connectivity index (χ0) is 11.4. The summed E-state index contributed by atoms with van der Waals surface area (Å²) < 4.78 is 0. The van der Waals surface area contributed by atoms with Crippen molar-refractivity contribution in [3.8, 4) is 0 Å². The molecular weight excluding hydrogens is 216 g/mol. The fourth-order valence-electron chi connectivity index (χ4n) is 1.79. The molecule has 0 aliphatic carbocycles. The average molecular weight is 230 g/mol. The molecule has 0 amide bonds. The smallest absolute Gasteiger partial charge is 0.128 e. The molecule has 1 aromatic heterocycles. The number of rotatable bonds is 4. The first-order valence-electron chi connectivity index (χ1n) is 5.34. The third kappa shape index (κ3) is 2.39. The number of thiophene rings is 1. The van der Waals surface area contributed by atoms with Gasteiger partial charge in [0.2, 0.25) is 0 Å². The second-order valence-corrected chi connectivity index (χ2v) is 4.87. The van der Waals surface area contributed by atoms with Gasteiger partial charge in [-0.2, -0.15) is 0 Å². The highest BCUT2D eigenvalue weighted by molar-refractivity contribution is 7.10. The van der Waals surface area contributed by atoms with E-state index in [1.165, 1.54) is 11.1 Å². The SMILES string of the molecule is Cc1ccccc1CC(C=O)c1cccs1. The van der Waals surface area contributed by atoms with Gasteiger partial charge in [0.05, 0.1) is 5.92 Å². The lowest BCUT2D eigenvalue weighted by molar-refractivity contribution is -0.109. The molecule has 0 saturated carbocycles. The van der Waals surface area contributed by atoms with Crippen LogP contribution in [0.15, 0.2) is 41.8 Å². The van der Waals surface area contributed by atoms with Crippen molar-refractivity contribution in [2.45, 2.75) is 19.3 Å². The molecule has 0 saturated heterocycles. The molecule has 0 fully saturated rings. The summed E-state index contributed by atoms with van der Waals surface area (Å²) in [5.41, 5.74) is 2.51. The van der Waals surface area contributed by atoms with E-state index in [-0.39, 0.29) is 5.92 Å². The molecule has 1 unspecified atom stereocenters. The van der Waals surface area contributed by atoms with E-state index in [0.29, 0.717) is 0 Å². The van der Waals surface area contributed by atoms with Crippen molar-refractivity contribution in [2.75, 3.05) is 0 Å². The van der Waals surface area contributed by atoms with Crippen LogP contribution in [0.4, 0.5) is 0 Å². The van der Waals surface area contributed by atoms with Gasteiger partial charge in [-0.3, -0.25) is 0 Å². The van der Waals surface area contributed by atoms with Crippen molar-refractivity contribution in [1.29, 1.82) is 0 Å². The van der Waals surface area contributed by atoms with Gasteiger partial charge in [0.25, 0.3) is 0 Å². The number of aldehydes is 1. The van der Waals surface area contributed by atoms with Crippen LogP contribution in [0.3, 0.4) is 0 Å². The van der Waals surface area contributed by atoms with Crippen LogP contribution >= 0.6 is 11.3 Å². The average Bonchev–Trinajstić information content (AvgIpc) is 2.81. The van der Waals surface area contributed by atoms with Crippen LogP contribution in [0.2, 0.25) is 0 Å². The lowest BCUT2D eigenvalue weighted by atomic mass is 9.96. The van der Waals surface area contributed by atoms with Crippen molar-refractivity contribution in [1.82, 2.24) is 0 Å². The van der Waals surface area contributed by atoms with E-state index >= 15 is 0 Å². The number of hydrogen-bond donors (Lipinski definition) is 0. The Kier molecular flexibility index (Phi) is 3.52. The highest BCUT2D eigenvalue weighted by Crippen LogP contribution is 2.24. The second kappa shape index (κ2) is 5.08. The highest BCUT2D eigenvalue weighted by Gasteiger charge is 2.13. The maximum Gasteiger partial charge on any atom is 0.128 e. The summed E-state index contributed by atoms with van der Waals surface area (Å²) in [5, 5.41) is 2.02. The number of carbonyl (C=O) groups excluding carboxylic acids is 1. The Morgan fingerprint density at radius 1 is 1.25 bits per heavy atom. The molecule has 0 N–H and O–H groups in total. The minimum absolute atomic E-state index is 0.00102. The van der Waals surface area contributed by atoms with Crippen LogP contribution < -0.4 is 0 Å². The number of hydrogen-bond acceptors (Lipinski definition) is 2. The highest BCUT2D eigenvalue weighted by atomic mass is 32.1. The zero-order valence-corrected chi connectivity index (χ0v) is 10.0. The molecule has 2 aromatic rings. The topological polar surface area (TPSA) is 17.1 Å². The van der Waals surface area contributed by atoms with Crippen LogP contribution in [0.25, 0.3) is 0 Å². The van der Waals surface area contributed by atoms with Gasteiger partial charge >= 0.3 is 0 Å². The summed E-state index contributed by atoms with van der Waals surface area (Å²) in [5.74, 6) is 0.00102. The molecule has 0 bridgehead atoms. The Morgan fingerprint density at radius 2 is 2.06 bits per heavy atom. The van der Waals surface area contributed by atoms with Gasteiger partial charge in [0.1, 0.15) is 6.29 Å². The van der Waals surface area contributed by atoms with Gasteiger partial charge in [0, 0.05) is 4.88 Å². The van der Waals surface area contributed by atoms with Gasteiger partial charge < -0.3 is 4.79 Å². The van der Waals surface area contributed by atoms with Crippen molar-refractivity contribution < 1.29 is 4.79 Å². The van der Waals surface area contributed by atoms with Gasteiger partial charge in [-0.1, -0.05) is 30.3 Å². The van der Waals surface area contributed by atoms with E-state index in [1.807, 2.05) is 29.6 Å². The molecule has 16 heavy (non-hydrogen) atoms. The van der Waals surface area contributed by atoms with Crippen molar-refractivity contribution in [3.05, 3.63) is 57.8 Å². The fraction of sp³-hybridized carbons (Fsp3) is 0.214. The first-order chi connectivity index (χ1) is 7.81. The van der Waals surface area contributed by atoms with Crippen molar-refractivity contribution in [2.24, 2.45) is 0 Å².